The molecule has 0 unspecified atom stereocenters. The van der Waals surface area contributed by atoms with E-state index >= 15 is 0 Å². The summed E-state index contributed by atoms with van der Waals surface area (Å²) in [6.45, 7) is 7.09. The van der Waals surface area contributed by atoms with Gasteiger partial charge in [-0.2, -0.15) is 0 Å². The zero-order valence-corrected chi connectivity index (χ0v) is 16.2. The van der Waals surface area contributed by atoms with Crippen LogP contribution in [0.4, 0.5) is 5.69 Å². The third kappa shape index (κ3) is 3.12. The largest absolute Gasteiger partial charge is 0.385 e. The van der Waals surface area contributed by atoms with Crippen molar-refractivity contribution in [2.45, 2.75) is 20.7 Å². The van der Waals surface area contributed by atoms with Crippen LogP contribution in [0.3, 0.4) is 0 Å². The summed E-state index contributed by atoms with van der Waals surface area (Å²) in [5, 5.41) is 0. The Morgan fingerprint density at radius 1 is 0.630 bits per heavy atom. The highest BCUT2D eigenvalue weighted by Crippen LogP contribution is 2.42. The molecule has 0 aliphatic carbocycles. The standard InChI is InChI=1S/C25H24BN/c1-19-24(21-13-7-4-8-14-21)20(2)27(23-17-11-6-12-18-23)26(3)25(19)22-15-9-5-10-16-22/h4-18H,1-3H3. The van der Waals surface area contributed by atoms with Gasteiger partial charge in [-0.05, 0) is 48.2 Å². The van der Waals surface area contributed by atoms with Crippen molar-refractivity contribution in [2.24, 2.45) is 0 Å². The van der Waals surface area contributed by atoms with E-state index in [0.717, 1.165) is 0 Å². The van der Waals surface area contributed by atoms with Gasteiger partial charge in [0.2, 0.25) is 0 Å². The van der Waals surface area contributed by atoms with Crippen LogP contribution in [0.1, 0.15) is 25.0 Å². The van der Waals surface area contributed by atoms with Gasteiger partial charge in [0.05, 0.1) is 0 Å². The fourth-order valence-electron chi connectivity index (χ4n) is 4.37. The van der Waals surface area contributed by atoms with Crippen LogP contribution in [0.25, 0.3) is 11.0 Å². The van der Waals surface area contributed by atoms with Crippen LogP contribution >= 0.6 is 0 Å². The molecule has 27 heavy (non-hydrogen) atoms. The molecule has 3 aromatic rings. The number of anilines is 1. The summed E-state index contributed by atoms with van der Waals surface area (Å²) >= 11 is 0. The van der Waals surface area contributed by atoms with E-state index in [4.69, 9.17) is 0 Å². The maximum absolute atomic E-state index is 2.47. The van der Waals surface area contributed by atoms with Crippen molar-refractivity contribution in [3.05, 3.63) is 113 Å². The molecule has 0 N–H and O–H groups in total. The molecule has 0 saturated heterocycles. The lowest BCUT2D eigenvalue weighted by molar-refractivity contribution is 1.20. The van der Waals surface area contributed by atoms with E-state index in [2.05, 4.69) is 116 Å². The van der Waals surface area contributed by atoms with Crippen molar-refractivity contribution in [3.63, 3.8) is 0 Å². The maximum Gasteiger partial charge on any atom is 0.291 e. The predicted molar refractivity (Wildman–Crippen MR) is 119 cm³/mol. The molecule has 0 amide bonds. The number of benzene rings is 3. The second-order valence-corrected chi connectivity index (χ2v) is 7.11. The Morgan fingerprint density at radius 3 is 1.67 bits per heavy atom. The van der Waals surface area contributed by atoms with E-state index in [1.807, 2.05) is 0 Å². The normalized spacial score (nSPS) is 14.8. The molecule has 1 heterocycles. The van der Waals surface area contributed by atoms with Gasteiger partial charge in [-0.15, -0.1) is 0 Å². The molecule has 0 fully saturated rings. The molecule has 1 aliphatic rings. The number of para-hydroxylation sites is 1. The molecular weight excluding hydrogens is 325 g/mol. The number of hydrogen-bond acceptors (Lipinski definition) is 1. The summed E-state index contributed by atoms with van der Waals surface area (Å²) in [5.74, 6) is 0. The average Bonchev–Trinajstić information content (AvgIpc) is 2.70. The van der Waals surface area contributed by atoms with Crippen LogP contribution in [0.2, 0.25) is 6.82 Å². The average molecular weight is 349 g/mol. The lowest BCUT2D eigenvalue weighted by Crippen LogP contribution is -2.40. The summed E-state index contributed by atoms with van der Waals surface area (Å²) < 4.78 is 0. The second-order valence-electron chi connectivity index (χ2n) is 7.11. The van der Waals surface area contributed by atoms with Crippen LogP contribution in [-0.4, -0.2) is 6.85 Å². The monoisotopic (exact) mass is 349 g/mol. The first-order chi connectivity index (χ1) is 13.2. The van der Waals surface area contributed by atoms with Gasteiger partial charge in [-0.25, -0.2) is 0 Å². The number of hydrogen-bond donors (Lipinski definition) is 0. The Hall–Kier alpha value is -3.00. The highest BCUT2D eigenvalue weighted by molar-refractivity contribution is 6.83. The highest BCUT2D eigenvalue weighted by Gasteiger charge is 2.33. The quantitative estimate of drug-likeness (QED) is 0.483. The van der Waals surface area contributed by atoms with E-state index in [0.29, 0.717) is 0 Å². The first kappa shape index (κ1) is 17.4. The molecule has 4 rings (SSSR count). The Balaban J connectivity index is 1.97. The second kappa shape index (κ2) is 7.32. The third-order valence-corrected chi connectivity index (χ3v) is 5.49. The first-order valence-corrected chi connectivity index (χ1v) is 9.55. The molecule has 0 saturated carbocycles. The van der Waals surface area contributed by atoms with E-state index in [1.54, 1.807) is 0 Å². The van der Waals surface area contributed by atoms with E-state index in [9.17, 15) is 0 Å². The van der Waals surface area contributed by atoms with Gasteiger partial charge in [0.1, 0.15) is 0 Å². The maximum atomic E-state index is 2.47. The van der Waals surface area contributed by atoms with Crippen molar-refractivity contribution in [1.82, 2.24) is 0 Å². The van der Waals surface area contributed by atoms with Crippen LogP contribution < -0.4 is 4.81 Å². The zero-order chi connectivity index (χ0) is 18.8. The molecule has 3 aromatic carbocycles. The molecule has 0 bridgehead atoms. The van der Waals surface area contributed by atoms with Crippen LogP contribution in [0.5, 0.6) is 0 Å². The number of allylic oxidation sites excluding steroid dienone is 3. The molecule has 0 spiro atoms. The van der Waals surface area contributed by atoms with Gasteiger partial charge in [-0.1, -0.05) is 85.7 Å². The topological polar surface area (TPSA) is 3.24 Å². The summed E-state index contributed by atoms with van der Waals surface area (Å²) in [6, 6.07) is 32.2. The van der Waals surface area contributed by atoms with E-state index in [1.165, 1.54) is 39.1 Å². The van der Waals surface area contributed by atoms with Gasteiger partial charge in [0.15, 0.2) is 0 Å². The predicted octanol–water partition coefficient (Wildman–Crippen LogP) is 6.57. The van der Waals surface area contributed by atoms with E-state index in [-0.39, 0.29) is 6.85 Å². The Kier molecular flexibility index (Phi) is 4.72. The highest BCUT2D eigenvalue weighted by atomic mass is 15.1. The molecule has 0 aromatic heterocycles. The number of nitrogens with zero attached hydrogens (tertiary/aromatic N) is 1. The van der Waals surface area contributed by atoms with Gasteiger partial charge in [0.25, 0.3) is 6.85 Å². The lowest BCUT2D eigenvalue weighted by atomic mass is 9.49. The molecule has 0 radical (unpaired) electrons. The third-order valence-electron chi connectivity index (χ3n) is 5.49. The van der Waals surface area contributed by atoms with Crippen molar-refractivity contribution in [1.29, 1.82) is 0 Å². The van der Waals surface area contributed by atoms with Crippen molar-refractivity contribution >= 4 is 23.6 Å². The summed E-state index contributed by atoms with van der Waals surface area (Å²) in [7, 11) is 0. The first-order valence-electron chi connectivity index (χ1n) is 9.55. The summed E-state index contributed by atoms with van der Waals surface area (Å²) in [6.07, 6.45) is 0. The minimum absolute atomic E-state index is 0.266. The number of rotatable bonds is 3. The van der Waals surface area contributed by atoms with Gasteiger partial charge in [0, 0.05) is 17.0 Å². The fourth-order valence-corrected chi connectivity index (χ4v) is 4.37. The molecule has 1 aliphatic heterocycles. The molecule has 1 nitrogen and oxygen atoms in total. The minimum Gasteiger partial charge on any atom is -0.385 e. The Bertz CT molecular complexity index is 988. The minimum atomic E-state index is 0.266. The Labute approximate surface area is 162 Å². The van der Waals surface area contributed by atoms with Crippen LogP contribution in [0, 0.1) is 0 Å². The van der Waals surface area contributed by atoms with Crippen molar-refractivity contribution in [3.8, 4) is 0 Å². The Morgan fingerprint density at radius 2 is 1.11 bits per heavy atom. The lowest BCUT2D eigenvalue weighted by Gasteiger charge is -2.39. The van der Waals surface area contributed by atoms with Crippen molar-refractivity contribution < 1.29 is 0 Å². The zero-order valence-electron chi connectivity index (χ0n) is 16.2. The molecule has 2 heteroatoms. The summed E-state index contributed by atoms with van der Waals surface area (Å²) in [5.41, 5.74) is 9.19. The fraction of sp³-hybridized carbons (Fsp3) is 0.120. The van der Waals surface area contributed by atoms with Gasteiger partial charge in [-0.3, -0.25) is 0 Å². The summed E-state index contributed by atoms with van der Waals surface area (Å²) in [4.78, 5) is 2.47. The molecule has 132 valence electrons. The van der Waals surface area contributed by atoms with Gasteiger partial charge < -0.3 is 4.81 Å². The molecular formula is C25H24BN. The van der Waals surface area contributed by atoms with E-state index < -0.39 is 0 Å². The van der Waals surface area contributed by atoms with Gasteiger partial charge >= 0.3 is 0 Å². The van der Waals surface area contributed by atoms with Crippen molar-refractivity contribution in [2.75, 3.05) is 4.81 Å². The van der Waals surface area contributed by atoms with Crippen LogP contribution in [-0.2, 0) is 0 Å². The smallest absolute Gasteiger partial charge is 0.291 e. The van der Waals surface area contributed by atoms with Crippen LogP contribution in [0.15, 0.2) is 102 Å². The SMILES string of the molecule is CB1C(c2ccccc2)=C(C)C(c2ccccc2)=C(C)N1c1ccccc1. The molecule has 0 atom stereocenters.